The highest BCUT2D eigenvalue weighted by atomic mass is 31.2. The largest absolute Gasteiger partial charge is 0.756 e. The summed E-state index contributed by atoms with van der Waals surface area (Å²) in [7, 11) is 1.17. The zero-order valence-electron chi connectivity index (χ0n) is 34.2. The molecule has 0 aliphatic carbocycles. The molecule has 0 saturated carbocycles. The third kappa shape index (κ3) is 37.1. The number of carbonyl (C=O) groups excluding carboxylic acids is 2. The second-order valence-corrected chi connectivity index (χ2v) is 17.4. The van der Waals surface area contributed by atoms with Crippen LogP contribution in [0, 0.1) is 5.92 Å². The van der Waals surface area contributed by atoms with Crippen LogP contribution in [0.2, 0.25) is 0 Å². The Morgan fingerprint density at radius 3 is 1.49 bits per heavy atom. The molecule has 0 bridgehead atoms. The first kappa shape index (κ1) is 50.0. The number of esters is 2. The molecule has 0 aromatic carbocycles. The topological polar surface area (TPSA) is 111 Å². The average molecular weight is 748 g/mol. The fourth-order valence-corrected chi connectivity index (χ4v) is 6.80. The van der Waals surface area contributed by atoms with Crippen LogP contribution in [0.5, 0.6) is 0 Å². The molecule has 0 saturated heterocycles. The van der Waals surface area contributed by atoms with Crippen LogP contribution < -0.4 is 4.89 Å². The Morgan fingerprint density at radius 2 is 1.04 bits per heavy atom. The highest BCUT2D eigenvalue weighted by molar-refractivity contribution is 7.45. The van der Waals surface area contributed by atoms with Gasteiger partial charge in [-0.05, 0) is 12.3 Å². The van der Waals surface area contributed by atoms with Gasteiger partial charge in [0.05, 0.1) is 27.7 Å². The van der Waals surface area contributed by atoms with Crippen LogP contribution in [0.15, 0.2) is 0 Å². The third-order valence-electron chi connectivity index (χ3n) is 9.46. The van der Waals surface area contributed by atoms with Crippen molar-refractivity contribution in [2.75, 3.05) is 47.5 Å². The summed E-state index contributed by atoms with van der Waals surface area (Å²) in [5.41, 5.74) is 0. The molecule has 0 amide bonds. The zero-order chi connectivity index (χ0) is 38.1. The lowest BCUT2D eigenvalue weighted by Gasteiger charge is -2.28. The van der Waals surface area contributed by atoms with E-state index in [0.29, 0.717) is 17.4 Å². The Hall–Kier alpha value is -0.990. The fraction of sp³-hybridized carbons (Fsp3) is 0.951. The van der Waals surface area contributed by atoms with Gasteiger partial charge in [0.1, 0.15) is 19.8 Å². The molecular formula is C41H82NO8P. The van der Waals surface area contributed by atoms with E-state index in [1.165, 1.54) is 128 Å². The van der Waals surface area contributed by atoms with E-state index in [1.54, 1.807) is 0 Å². The molecule has 51 heavy (non-hydrogen) atoms. The van der Waals surface area contributed by atoms with E-state index < -0.39 is 26.5 Å². The van der Waals surface area contributed by atoms with Gasteiger partial charge in [-0.15, -0.1) is 0 Å². The standard InChI is InChI=1S/C41H82NO8P/c1-7-9-11-13-15-17-19-20-22-24-26-28-30-32-40(43)50-39(37-49-51(45,46)48-34-33-42(4,5)6)36-47-41(44)35-38(3)31-29-27-25-23-21-18-16-14-12-10-8-2/h38-39H,7-37H2,1-6H3/t38-,39+/m0/s1. The van der Waals surface area contributed by atoms with Crippen LogP contribution in [-0.4, -0.2) is 70.0 Å². The Labute approximate surface area is 314 Å². The maximum atomic E-state index is 12.7. The summed E-state index contributed by atoms with van der Waals surface area (Å²) in [6.45, 7) is 6.28. The quantitative estimate of drug-likeness (QED) is 0.0266. The molecule has 0 aliphatic rings. The molecule has 0 aromatic rings. The van der Waals surface area contributed by atoms with E-state index in [2.05, 4.69) is 20.8 Å². The summed E-state index contributed by atoms with van der Waals surface area (Å²) in [4.78, 5) is 37.7. The van der Waals surface area contributed by atoms with Gasteiger partial charge in [-0.25, -0.2) is 0 Å². The van der Waals surface area contributed by atoms with Crippen molar-refractivity contribution in [1.29, 1.82) is 0 Å². The third-order valence-corrected chi connectivity index (χ3v) is 10.4. The van der Waals surface area contributed by atoms with Crippen molar-refractivity contribution in [3.05, 3.63) is 0 Å². The number of carbonyl (C=O) groups is 2. The maximum Gasteiger partial charge on any atom is 0.306 e. The SMILES string of the molecule is CCCCCCCCCCCCCCCC(=O)O[C@H](COC(=O)C[C@@H](C)CCCCCCCCCCCCC)COP(=O)([O-])OCC[N+](C)(C)C. The summed E-state index contributed by atoms with van der Waals surface area (Å²) in [6, 6.07) is 0. The first-order valence-corrected chi connectivity index (χ1v) is 22.6. The van der Waals surface area contributed by atoms with Gasteiger partial charge in [0, 0.05) is 12.8 Å². The molecule has 0 spiro atoms. The molecule has 1 unspecified atom stereocenters. The van der Waals surface area contributed by atoms with Gasteiger partial charge in [0.25, 0.3) is 7.82 Å². The number of hydrogen-bond donors (Lipinski definition) is 0. The van der Waals surface area contributed by atoms with Crippen LogP contribution >= 0.6 is 7.82 Å². The summed E-state index contributed by atoms with van der Waals surface area (Å²) in [6.07, 6.45) is 30.3. The minimum Gasteiger partial charge on any atom is -0.756 e. The van der Waals surface area contributed by atoms with Crippen molar-refractivity contribution in [3.8, 4) is 0 Å². The second kappa shape index (κ2) is 33.6. The van der Waals surface area contributed by atoms with Crippen molar-refractivity contribution in [2.45, 2.75) is 200 Å². The number of hydrogen-bond acceptors (Lipinski definition) is 8. The molecule has 0 fully saturated rings. The van der Waals surface area contributed by atoms with Crippen molar-refractivity contribution in [3.63, 3.8) is 0 Å². The van der Waals surface area contributed by atoms with Gasteiger partial charge in [-0.2, -0.15) is 0 Å². The minimum absolute atomic E-state index is 0.0280. The van der Waals surface area contributed by atoms with E-state index in [0.717, 1.165) is 25.7 Å². The van der Waals surface area contributed by atoms with Crippen molar-refractivity contribution in [1.82, 2.24) is 0 Å². The predicted octanol–water partition coefficient (Wildman–Crippen LogP) is 10.9. The van der Waals surface area contributed by atoms with Crippen molar-refractivity contribution in [2.24, 2.45) is 5.92 Å². The molecule has 0 aromatic heterocycles. The lowest BCUT2D eigenvalue weighted by Crippen LogP contribution is -2.37. The molecule has 0 aliphatic heterocycles. The number of phosphoric ester groups is 1. The summed E-state index contributed by atoms with van der Waals surface area (Å²) in [5, 5.41) is 0. The van der Waals surface area contributed by atoms with Crippen LogP contribution in [0.1, 0.15) is 194 Å². The number of unbranched alkanes of at least 4 members (excludes halogenated alkanes) is 22. The number of quaternary nitrogens is 1. The number of likely N-dealkylation sites (N-methyl/N-ethyl adjacent to an activating group) is 1. The molecule has 10 heteroatoms. The monoisotopic (exact) mass is 748 g/mol. The molecule has 0 rings (SSSR count). The van der Waals surface area contributed by atoms with E-state index >= 15 is 0 Å². The number of ether oxygens (including phenoxy) is 2. The van der Waals surface area contributed by atoms with Gasteiger partial charge in [-0.3, -0.25) is 14.2 Å². The van der Waals surface area contributed by atoms with Crippen molar-refractivity contribution >= 4 is 19.8 Å². The van der Waals surface area contributed by atoms with Crippen LogP contribution in [0.3, 0.4) is 0 Å². The molecule has 0 N–H and O–H groups in total. The molecule has 9 nitrogen and oxygen atoms in total. The van der Waals surface area contributed by atoms with Crippen LogP contribution in [-0.2, 0) is 32.7 Å². The van der Waals surface area contributed by atoms with E-state index in [4.69, 9.17) is 18.5 Å². The summed E-state index contributed by atoms with van der Waals surface area (Å²) < 4.78 is 34.0. The Kier molecular flexibility index (Phi) is 32.9. The van der Waals surface area contributed by atoms with Gasteiger partial charge in [0.2, 0.25) is 0 Å². The second-order valence-electron chi connectivity index (χ2n) is 16.0. The number of nitrogens with zero attached hydrogens (tertiary/aromatic N) is 1. The summed E-state index contributed by atoms with van der Waals surface area (Å²) in [5.74, 6) is -0.646. The Bertz CT molecular complexity index is 865. The Morgan fingerprint density at radius 1 is 0.608 bits per heavy atom. The van der Waals surface area contributed by atoms with Crippen LogP contribution in [0.4, 0.5) is 0 Å². The number of phosphoric acid groups is 1. The molecule has 304 valence electrons. The van der Waals surface area contributed by atoms with E-state index in [1.807, 2.05) is 21.1 Å². The zero-order valence-corrected chi connectivity index (χ0v) is 35.1. The molecule has 3 atom stereocenters. The van der Waals surface area contributed by atoms with E-state index in [9.17, 15) is 19.0 Å². The van der Waals surface area contributed by atoms with Gasteiger partial charge in [-0.1, -0.05) is 175 Å². The average Bonchev–Trinajstić information content (AvgIpc) is 3.06. The first-order valence-electron chi connectivity index (χ1n) is 21.1. The maximum absolute atomic E-state index is 12.7. The lowest BCUT2D eigenvalue weighted by atomic mass is 9.99. The van der Waals surface area contributed by atoms with Gasteiger partial charge >= 0.3 is 11.9 Å². The van der Waals surface area contributed by atoms with Gasteiger partial charge < -0.3 is 27.9 Å². The predicted molar refractivity (Wildman–Crippen MR) is 208 cm³/mol. The highest BCUT2D eigenvalue weighted by Crippen LogP contribution is 2.38. The smallest absolute Gasteiger partial charge is 0.306 e. The lowest BCUT2D eigenvalue weighted by molar-refractivity contribution is -0.870. The Balaban J connectivity index is 4.48. The minimum atomic E-state index is -4.62. The van der Waals surface area contributed by atoms with E-state index in [-0.39, 0.29) is 37.9 Å². The van der Waals surface area contributed by atoms with Crippen LogP contribution in [0.25, 0.3) is 0 Å². The number of rotatable bonds is 38. The first-order chi connectivity index (χ1) is 24.4. The van der Waals surface area contributed by atoms with Crippen molar-refractivity contribution < 1.29 is 42.1 Å². The normalized spacial score (nSPS) is 14.3. The molecule has 0 heterocycles. The molecular weight excluding hydrogens is 665 g/mol. The fourth-order valence-electron chi connectivity index (χ4n) is 6.07. The highest BCUT2D eigenvalue weighted by Gasteiger charge is 2.22. The molecule has 0 radical (unpaired) electrons. The van der Waals surface area contributed by atoms with Gasteiger partial charge in [0.15, 0.2) is 6.10 Å². The summed E-state index contributed by atoms with van der Waals surface area (Å²) >= 11 is 0.